The molecule has 0 rings (SSSR count). The molecule has 0 amide bonds. The van der Waals surface area contributed by atoms with Gasteiger partial charge in [0.05, 0.1) is 0 Å². The smallest absolute Gasteiger partial charge is 1.00 e. The van der Waals surface area contributed by atoms with E-state index in [-0.39, 0.29) is 25.9 Å². The van der Waals surface area contributed by atoms with Crippen LogP contribution in [0.1, 0.15) is 61.1 Å². The van der Waals surface area contributed by atoms with Crippen molar-refractivity contribution in [3.63, 3.8) is 0 Å². The van der Waals surface area contributed by atoms with Gasteiger partial charge in [0.2, 0.25) is 0 Å². The van der Waals surface area contributed by atoms with Crippen LogP contribution in [0.3, 0.4) is 0 Å². The van der Waals surface area contributed by atoms with Gasteiger partial charge in [0.15, 0.2) is 0 Å². The van der Waals surface area contributed by atoms with Crippen molar-refractivity contribution in [1.29, 1.82) is 0 Å². The van der Waals surface area contributed by atoms with Crippen LogP contribution in [0.5, 0.6) is 0 Å². The first-order valence-electron chi connectivity index (χ1n) is 6.29. The zero-order valence-electron chi connectivity index (χ0n) is 12.8. The summed E-state index contributed by atoms with van der Waals surface area (Å²) < 4.78 is 0. The molecular weight excluding hydrogens is 272 g/mol. The Balaban J connectivity index is -0.000000327. The maximum atomic E-state index is 3.45. The minimum absolute atomic E-state index is 0. The zero-order valence-corrected chi connectivity index (χ0v) is 13.8. The Morgan fingerprint density at radius 1 is 0.875 bits per heavy atom. The number of hydrogen-bond acceptors (Lipinski definition) is 0. The number of allylic oxidation sites excluding steroid dienone is 4. The number of unbranched alkanes of at least 4 members (excludes halogenated alkanes) is 6. The molecule has 92 valence electrons. The predicted molar refractivity (Wildman–Crippen MR) is 82.7 cm³/mol. The van der Waals surface area contributed by atoms with Gasteiger partial charge in [-0.2, -0.15) is 0 Å². The molecule has 0 unspecified atom stereocenters. The molecule has 0 saturated heterocycles. The molecule has 0 saturated carbocycles. The minimum atomic E-state index is 0. The van der Waals surface area contributed by atoms with Crippen LogP contribution in [-0.2, 0) is 0 Å². The van der Waals surface area contributed by atoms with Gasteiger partial charge in [-0.15, -0.1) is 0 Å². The van der Waals surface area contributed by atoms with Crippen molar-refractivity contribution in [1.82, 2.24) is 0 Å². The molecule has 0 aliphatic rings. The predicted octanol–water partition coefficient (Wildman–Crippen LogP) is 5.48. The van der Waals surface area contributed by atoms with E-state index in [1.807, 2.05) is 0 Å². The maximum Gasteiger partial charge on any atom is 2.00 e. The van der Waals surface area contributed by atoms with Crippen LogP contribution in [0, 0.1) is 0 Å². The summed E-state index contributed by atoms with van der Waals surface area (Å²) >= 11 is 3.45. The fourth-order valence-electron chi connectivity index (χ4n) is 1.38. The van der Waals surface area contributed by atoms with Crippen molar-refractivity contribution >= 4 is 39.0 Å². The molecule has 0 aliphatic heterocycles. The fourth-order valence-corrected chi connectivity index (χ4v) is 1.78. The van der Waals surface area contributed by atoms with Gasteiger partial charge >= 0.3 is 23.1 Å². The van der Waals surface area contributed by atoms with Gasteiger partial charge in [-0.1, -0.05) is 72.8 Å². The Bertz CT molecular complexity index is 173. The van der Waals surface area contributed by atoms with Crippen LogP contribution in [0.2, 0.25) is 0 Å². The second-order valence-electron chi connectivity index (χ2n) is 3.89. The molecule has 0 nitrogen and oxygen atoms in total. The van der Waals surface area contributed by atoms with Crippen LogP contribution < -0.4 is 0 Å². The fraction of sp³-hybridized carbons (Fsp3) is 0.714. The number of hydrogen-bond donors (Lipinski definition) is 0. The van der Waals surface area contributed by atoms with E-state index < -0.39 is 0 Å². The van der Waals surface area contributed by atoms with Crippen molar-refractivity contribution in [3.05, 3.63) is 24.3 Å². The monoisotopic (exact) mass is 298 g/mol. The summed E-state index contributed by atoms with van der Waals surface area (Å²) in [6, 6.07) is 0. The summed E-state index contributed by atoms with van der Waals surface area (Å²) in [5.74, 6) is 0. The Labute approximate surface area is 129 Å². The number of rotatable bonds is 10. The van der Waals surface area contributed by atoms with Gasteiger partial charge in [0, 0.05) is 5.33 Å². The van der Waals surface area contributed by atoms with E-state index in [1.54, 1.807) is 0 Å². The third-order valence-corrected chi connectivity index (χ3v) is 2.92. The van der Waals surface area contributed by atoms with E-state index in [2.05, 4.69) is 47.2 Å². The number of halogens is 1. The summed E-state index contributed by atoms with van der Waals surface area (Å²) in [6.07, 6.45) is 19.4. The van der Waals surface area contributed by atoms with Gasteiger partial charge in [-0.25, -0.2) is 0 Å². The molecule has 2 heteroatoms. The van der Waals surface area contributed by atoms with E-state index in [9.17, 15) is 0 Å². The van der Waals surface area contributed by atoms with Crippen molar-refractivity contribution in [3.8, 4) is 0 Å². The second kappa shape index (κ2) is 18.1. The molecule has 0 atom stereocenters. The van der Waals surface area contributed by atoms with Gasteiger partial charge in [-0.05, 0) is 25.7 Å². The summed E-state index contributed by atoms with van der Waals surface area (Å²) in [6.45, 7) is 2.23. The molecule has 0 aromatic carbocycles. The summed E-state index contributed by atoms with van der Waals surface area (Å²) in [7, 11) is 0. The molecule has 0 N–H and O–H groups in total. The quantitative estimate of drug-likeness (QED) is 0.217. The maximum absolute atomic E-state index is 3.45. The van der Waals surface area contributed by atoms with E-state index >= 15 is 0 Å². The molecule has 0 aromatic rings. The van der Waals surface area contributed by atoms with E-state index in [1.165, 1.54) is 51.4 Å². The Kier molecular flexibility index (Phi) is 21.6. The van der Waals surface area contributed by atoms with Crippen LogP contribution in [0.15, 0.2) is 24.3 Å². The Morgan fingerprint density at radius 3 is 2.00 bits per heavy atom. The van der Waals surface area contributed by atoms with Crippen LogP contribution in [-0.4, -0.2) is 28.4 Å². The van der Waals surface area contributed by atoms with Gasteiger partial charge in [0.25, 0.3) is 0 Å². The first-order chi connectivity index (χ1) is 7.41. The zero-order chi connectivity index (χ0) is 11.2. The van der Waals surface area contributed by atoms with E-state index in [4.69, 9.17) is 0 Å². The third-order valence-electron chi connectivity index (χ3n) is 2.36. The van der Waals surface area contributed by atoms with Crippen molar-refractivity contribution in [2.45, 2.75) is 58.3 Å². The van der Waals surface area contributed by atoms with E-state index in [0.717, 1.165) is 5.33 Å². The SMILES string of the molecule is CCCC/C=C\C=C\CCCCCCBr.[H-].[H-].[Mg+2]. The van der Waals surface area contributed by atoms with Crippen LogP contribution >= 0.6 is 15.9 Å². The molecule has 0 heterocycles. The third kappa shape index (κ3) is 17.1. The van der Waals surface area contributed by atoms with Gasteiger partial charge in [-0.3, -0.25) is 0 Å². The summed E-state index contributed by atoms with van der Waals surface area (Å²) in [4.78, 5) is 0. The van der Waals surface area contributed by atoms with Crippen molar-refractivity contribution < 1.29 is 2.85 Å². The van der Waals surface area contributed by atoms with Crippen molar-refractivity contribution in [2.75, 3.05) is 5.33 Å². The standard InChI is InChI=1S/C14H25Br.Mg.2H/c1-2-3-4-5-6-7-8-9-10-11-12-13-14-15;;;/h5-8H,2-4,9-14H2,1H3;;;/q;+2;2*-1/b6-5-,8-7+;;;. The van der Waals surface area contributed by atoms with Crippen LogP contribution in [0.4, 0.5) is 0 Å². The number of alkyl halides is 1. The average Bonchev–Trinajstić information content (AvgIpc) is 2.26. The normalized spacial score (nSPS) is 11.1. The molecule has 16 heavy (non-hydrogen) atoms. The minimum Gasteiger partial charge on any atom is -1.00 e. The topological polar surface area (TPSA) is 0 Å². The Hall–Kier alpha value is 0.726. The summed E-state index contributed by atoms with van der Waals surface area (Å²) in [5.41, 5.74) is 0. The molecule has 0 fully saturated rings. The first kappa shape index (κ1) is 19.1. The molecule has 0 radical (unpaired) electrons. The molecule has 0 spiro atoms. The largest absolute Gasteiger partial charge is 2.00 e. The molecule has 0 aromatic heterocycles. The molecule has 0 bridgehead atoms. The average molecular weight is 300 g/mol. The Morgan fingerprint density at radius 2 is 1.44 bits per heavy atom. The summed E-state index contributed by atoms with van der Waals surface area (Å²) in [5, 5.41) is 1.16. The first-order valence-corrected chi connectivity index (χ1v) is 7.41. The van der Waals surface area contributed by atoms with Crippen LogP contribution in [0.25, 0.3) is 0 Å². The van der Waals surface area contributed by atoms with Gasteiger partial charge in [0.1, 0.15) is 0 Å². The second-order valence-corrected chi connectivity index (χ2v) is 4.68. The van der Waals surface area contributed by atoms with Gasteiger partial charge < -0.3 is 2.85 Å². The van der Waals surface area contributed by atoms with Crippen molar-refractivity contribution in [2.24, 2.45) is 0 Å². The molecular formula is C14H27BrMg. The molecule has 0 aliphatic carbocycles. The van der Waals surface area contributed by atoms with E-state index in [0.29, 0.717) is 0 Å².